The van der Waals surface area contributed by atoms with E-state index in [0.717, 1.165) is 0 Å². The SMILES string of the molecule is Cc1nc(C(F)(F)F)nc2c(C#N)ccc(Oc3ncc(Cl)cn3)c12. The Hall–Kier alpha value is -2.99. The first kappa shape index (κ1) is 16.9. The fourth-order valence-electron chi connectivity index (χ4n) is 2.14. The van der Waals surface area contributed by atoms with E-state index in [1.807, 2.05) is 6.07 Å². The molecule has 0 radical (unpaired) electrons. The molecule has 0 saturated heterocycles. The van der Waals surface area contributed by atoms with Gasteiger partial charge >= 0.3 is 12.2 Å². The monoisotopic (exact) mass is 365 g/mol. The van der Waals surface area contributed by atoms with Crippen LogP contribution in [0, 0.1) is 18.3 Å². The third-order valence-electron chi connectivity index (χ3n) is 3.16. The first-order chi connectivity index (χ1) is 11.8. The third-order valence-corrected chi connectivity index (χ3v) is 3.36. The van der Waals surface area contributed by atoms with Gasteiger partial charge in [-0.05, 0) is 19.1 Å². The fourth-order valence-corrected chi connectivity index (χ4v) is 2.24. The zero-order chi connectivity index (χ0) is 18.2. The van der Waals surface area contributed by atoms with Gasteiger partial charge in [-0.3, -0.25) is 0 Å². The fraction of sp³-hybridized carbons (Fsp3) is 0.133. The van der Waals surface area contributed by atoms with Crippen molar-refractivity contribution in [1.29, 1.82) is 5.26 Å². The number of hydrogen-bond acceptors (Lipinski definition) is 6. The highest BCUT2D eigenvalue weighted by molar-refractivity contribution is 6.30. The number of benzene rings is 1. The average Bonchev–Trinajstić information content (AvgIpc) is 2.56. The van der Waals surface area contributed by atoms with Crippen LogP contribution in [-0.4, -0.2) is 19.9 Å². The van der Waals surface area contributed by atoms with E-state index in [0.29, 0.717) is 5.02 Å². The summed E-state index contributed by atoms with van der Waals surface area (Å²) in [6.07, 6.45) is -2.12. The topological polar surface area (TPSA) is 84.6 Å². The molecule has 2 heterocycles. The molecule has 0 N–H and O–H groups in total. The highest BCUT2D eigenvalue weighted by Crippen LogP contribution is 2.34. The molecule has 6 nitrogen and oxygen atoms in total. The third kappa shape index (κ3) is 3.29. The van der Waals surface area contributed by atoms with Crippen molar-refractivity contribution in [2.75, 3.05) is 0 Å². The summed E-state index contributed by atoms with van der Waals surface area (Å²) in [7, 11) is 0. The maximum atomic E-state index is 12.9. The normalized spacial score (nSPS) is 11.4. The molecule has 10 heteroatoms. The second-order valence-electron chi connectivity index (χ2n) is 4.86. The van der Waals surface area contributed by atoms with Gasteiger partial charge in [0.05, 0.1) is 39.6 Å². The highest BCUT2D eigenvalue weighted by atomic mass is 35.5. The Bertz CT molecular complexity index is 999. The van der Waals surface area contributed by atoms with E-state index in [1.54, 1.807) is 0 Å². The van der Waals surface area contributed by atoms with Crippen LogP contribution in [0.1, 0.15) is 17.1 Å². The quantitative estimate of drug-likeness (QED) is 0.680. The molecule has 0 bridgehead atoms. The van der Waals surface area contributed by atoms with Crippen molar-refractivity contribution in [1.82, 2.24) is 19.9 Å². The second-order valence-corrected chi connectivity index (χ2v) is 5.30. The van der Waals surface area contributed by atoms with Crippen LogP contribution in [0.15, 0.2) is 24.5 Å². The summed E-state index contributed by atoms with van der Waals surface area (Å²) in [6.45, 7) is 1.37. The molecule has 2 aromatic heterocycles. The lowest BCUT2D eigenvalue weighted by Crippen LogP contribution is -2.12. The van der Waals surface area contributed by atoms with E-state index in [4.69, 9.17) is 21.6 Å². The smallest absolute Gasteiger partial charge is 0.424 e. The Balaban J connectivity index is 2.21. The Kier molecular flexibility index (Phi) is 4.14. The maximum absolute atomic E-state index is 12.9. The molecular weight excluding hydrogens is 359 g/mol. The summed E-state index contributed by atoms with van der Waals surface area (Å²) in [5.74, 6) is -1.20. The first-order valence-electron chi connectivity index (χ1n) is 6.73. The molecule has 126 valence electrons. The van der Waals surface area contributed by atoms with Crippen LogP contribution in [-0.2, 0) is 6.18 Å². The minimum Gasteiger partial charge on any atom is -0.424 e. The molecule has 3 rings (SSSR count). The van der Waals surface area contributed by atoms with Crippen molar-refractivity contribution in [3.8, 4) is 17.8 Å². The first-order valence-corrected chi connectivity index (χ1v) is 7.11. The number of aryl methyl sites for hydroxylation is 1. The van der Waals surface area contributed by atoms with Crippen molar-refractivity contribution in [2.24, 2.45) is 0 Å². The van der Waals surface area contributed by atoms with Gasteiger partial charge in [0.1, 0.15) is 11.8 Å². The highest BCUT2D eigenvalue weighted by Gasteiger charge is 2.35. The van der Waals surface area contributed by atoms with Crippen molar-refractivity contribution in [3.63, 3.8) is 0 Å². The summed E-state index contributed by atoms with van der Waals surface area (Å²) in [4.78, 5) is 14.7. The summed E-state index contributed by atoms with van der Waals surface area (Å²) in [5.41, 5.74) is -0.178. The molecule has 1 aromatic carbocycles. The van der Waals surface area contributed by atoms with Gasteiger partial charge in [0.25, 0.3) is 0 Å². The van der Waals surface area contributed by atoms with Gasteiger partial charge in [0, 0.05) is 0 Å². The molecule has 0 spiro atoms. The van der Waals surface area contributed by atoms with Crippen LogP contribution in [0.5, 0.6) is 11.8 Å². The number of fused-ring (bicyclic) bond motifs is 1. The molecule has 0 fully saturated rings. The van der Waals surface area contributed by atoms with Crippen LogP contribution >= 0.6 is 11.6 Å². The Morgan fingerprint density at radius 3 is 2.44 bits per heavy atom. The standard InChI is InChI=1S/C15H7ClF3N5O/c1-7-11-10(25-14-21-5-9(16)6-22-14)3-2-8(4-20)12(11)24-13(23-7)15(17,18)19/h2-3,5-6H,1H3. The summed E-state index contributed by atoms with van der Waals surface area (Å²) in [5, 5.41) is 9.63. The van der Waals surface area contributed by atoms with Gasteiger partial charge < -0.3 is 4.74 Å². The molecule has 0 saturated carbocycles. The van der Waals surface area contributed by atoms with Crippen LogP contribution < -0.4 is 4.74 Å². The molecule has 0 amide bonds. The molecular formula is C15H7ClF3N5O. The lowest BCUT2D eigenvalue weighted by molar-refractivity contribution is -0.144. The summed E-state index contributed by atoms with van der Waals surface area (Å²) >= 11 is 5.69. The Labute approximate surface area is 143 Å². The number of halogens is 4. The number of alkyl halides is 3. The lowest BCUT2D eigenvalue weighted by Gasteiger charge is -2.12. The van der Waals surface area contributed by atoms with E-state index in [1.165, 1.54) is 31.5 Å². The van der Waals surface area contributed by atoms with E-state index in [-0.39, 0.29) is 33.9 Å². The van der Waals surface area contributed by atoms with Gasteiger partial charge in [-0.1, -0.05) is 11.6 Å². The maximum Gasteiger partial charge on any atom is 0.451 e. The van der Waals surface area contributed by atoms with Gasteiger partial charge in [0.2, 0.25) is 5.82 Å². The predicted molar refractivity (Wildman–Crippen MR) is 81.1 cm³/mol. The summed E-state index contributed by atoms with van der Waals surface area (Å²) < 4.78 is 44.3. The molecule has 0 aliphatic heterocycles. The average molecular weight is 366 g/mol. The molecule has 0 aliphatic rings. The van der Waals surface area contributed by atoms with Crippen molar-refractivity contribution in [3.05, 3.63) is 46.6 Å². The largest absolute Gasteiger partial charge is 0.451 e. The number of aromatic nitrogens is 4. The van der Waals surface area contributed by atoms with E-state index < -0.39 is 12.0 Å². The zero-order valence-corrected chi connectivity index (χ0v) is 13.2. The Morgan fingerprint density at radius 1 is 1.16 bits per heavy atom. The van der Waals surface area contributed by atoms with Crippen LogP contribution in [0.25, 0.3) is 10.9 Å². The van der Waals surface area contributed by atoms with E-state index in [9.17, 15) is 13.2 Å². The second kappa shape index (κ2) is 6.14. The number of hydrogen-bond donors (Lipinski definition) is 0. The van der Waals surface area contributed by atoms with Gasteiger partial charge in [-0.2, -0.15) is 18.4 Å². The molecule has 3 aromatic rings. The van der Waals surface area contributed by atoms with E-state index in [2.05, 4.69) is 19.9 Å². The number of ether oxygens (including phenoxy) is 1. The lowest BCUT2D eigenvalue weighted by atomic mass is 10.1. The molecule has 0 aliphatic carbocycles. The predicted octanol–water partition coefficient (Wildman–Crippen LogP) is 4.06. The summed E-state index contributed by atoms with van der Waals surface area (Å²) in [6, 6.07) is 4.48. The minimum absolute atomic E-state index is 0.0124. The van der Waals surface area contributed by atoms with Crippen molar-refractivity contribution >= 4 is 22.5 Å². The van der Waals surface area contributed by atoms with Crippen LogP contribution in [0.2, 0.25) is 5.02 Å². The van der Waals surface area contributed by atoms with E-state index >= 15 is 0 Å². The zero-order valence-electron chi connectivity index (χ0n) is 12.5. The molecule has 0 atom stereocenters. The van der Waals surface area contributed by atoms with Crippen LogP contribution in [0.4, 0.5) is 13.2 Å². The minimum atomic E-state index is -4.73. The van der Waals surface area contributed by atoms with Crippen LogP contribution in [0.3, 0.4) is 0 Å². The number of nitrogens with zero attached hydrogens (tertiary/aromatic N) is 5. The van der Waals surface area contributed by atoms with Crippen molar-refractivity contribution in [2.45, 2.75) is 13.1 Å². The molecule has 25 heavy (non-hydrogen) atoms. The van der Waals surface area contributed by atoms with Gasteiger partial charge in [-0.25, -0.2) is 19.9 Å². The molecule has 0 unspecified atom stereocenters. The number of nitriles is 1. The van der Waals surface area contributed by atoms with Crippen molar-refractivity contribution < 1.29 is 17.9 Å². The Morgan fingerprint density at radius 2 is 1.84 bits per heavy atom. The van der Waals surface area contributed by atoms with Gasteiger partial charge in [0.15, 0.2) is 0 Å². The number of rotatable bonds is 2. The van der Waals surface area contributed by atoms with Gasteiger partial charge in [-0.15, -0.1) is 0 Å².